The van der Waals surface area contributed by atoms with Crippen LogP contribution in [0.5, 0.6) is 0 Å². The zero-order chi connectivity index (χ0) is 17.9. The number of rotatable bonds is 6. The van der Waals surface area contributed by atoms with E-state index in [1.165, 1.54) is 0 Å². The first-order valence-corrected chi connectivity index (χ1v) is 8.86. The predicted molar refractivity (Wildman–Crippen MR) is 95.9 cm³/mol. The van der Waals surface area contributed by atoms with Gasteiger partial charge in [-0.1, -0.05) is 24.2 Å². The minimum absolute atomic E-state index is 0.0510. The molecule has 1 saturated heterocycles. The monoisotopic (exact) mass is 354 g/mol. The van der Waals surface area contributed by atoms with E-state index in [1.807, 2.05) is 37.5 Å². The summed E-state index contributed by atoms with van der Waals surface area (Å²) in [6.45, 7) is 3.11. The highest BCUT2D eigenvalue weighted by molar-refractivity contribution is 5.82. The van der Waals surface area contributed by atoms with E-state index in [1.54, 1.807) is 0 Å². The summed E-state index contributed by atoms with van der Waals surface area (Å²) >= 11 is 0. The van der Waals surface area contributed by atoms with Crippen molar-refractivity contribution in [2.75, 3.05) is 0 Å². The van der Waals surface area contributed by atoms with Crippen molar-refractivity contribution in [3.63, 3.8) is 0 Å². The van der Waals surface area contributed by atoms with Gasteiger partial charge >= 0.3 is 0 Å². The Kier molecular flexibility index (Phi) is 4.68. The Bertz CT molecular complexity index is 902. The van der Waals surface area contributed by atoms with Gasteiger partial charge in [0.2, 0.25) is 5.91 Å². The number of nitrogens with one attached hydrogen (secondary N) is 3. The second-order valence-electron chi connectivity index (χ2n) is 6.52. The molecule has 2 unspecified atom stereocenters. The average molecular weight is 354 g/mol. The maximum atomic E-state index is 12.4. The van der Waals surface area contributed by atoms with Crippen molar-refractivity contribution in [3.8, 4) is 0 Å². The molecule has 26 heavy (non-hydrogen) atoms. The van der Waals surface area contributed by atoms with Crippen LogP contribution in [-0.4, -0.2) is 32.7 Å². The van der Waals surface area contributed by atoms with Crippen LogP contribution in [0.1, 0.15) is 24.8 Å². The van der Waals surface area contributed by atoms with E-state index in [-0.39, 0.29) is 18.0 Å². The molecule has 1 aliphatic heterocycles. The van der Waals surface area contributed by atoms with E-state index in [0.29, 0.717) is 18.7 Å². The zero-order valence-electron chi connectivity index (χ0n) is 14.6. The Morgan fingerprint density at radius 2 is 2.27 bits per heavy atom. The predicted octanol–water partition coefficient (Wildman–Crippen LogP) is 1.14. The van der Waals surface area contributed by atoms with E-state index < -0.39 is 0 Å². The number of hydrogen-bond donors (Lipinski definition) is 3. The highest BCUT2D eigenvalue weighted by atomic mass is 16.5. The summed E-state index contributed by atoms with van der Waals surface area (Å²) in [5, 5.41) is 6.82. The zero-order valence-corrected chi connectivity index (χ0v) is 14.6. The van der Waals surface area contributed by atoms with Gasteiger partial charge in [0.05, 0.1) is 29.6 Å². The Hall–Kier alpha value is -2.71. The second-order valence-corrected chi connectivity index (χ2v) is 6.52. The Balaban J connectivity index is 1.31. The number of hydrogen-bond acceptors (Lipinski definition) is 6. The van der Waals surface area contributed by atoms with Crippen molar-refractivity contribution in [1.82, 2.24) is 30.9 Å². The summed E-state index contributed by atoms with van der Waals surface area (Å²) in [4.78, 5) is 16.8. The molecule has 0 radical (unpaired) electrons. The lowest BCUT2D eigenvalue weighted by atomic mass is 10.1. The molecule has 0 spiro atoms. The lowest BCUT2D eigenvalue weighted by Crippen LogP contribution is -2.43. The van der Waals surface area contributed by atoms with Crippen molar-refractivity contribution in [3.05, 3.63) is 48.1 Å². The molecule has 136 valence electrons. The average Bonchev–Trinajstić information content (AvgIpc) is 3.40. The molecule has 1 fully saturated rings. The number of para-hydroxylation sites is 2. The van der Waals surface area contributed by atoms with Crippen molar-refractivity contribution in [2.24, 2.45) is 0 Å². The van der Waals surface area contributed by atoms with Gasteiger partial charge in [-0.25, -0.2) is 10.4 Å². The molecular weight excluding hydrogens is 332 g/mol. The fraction of sp³-hybridized carbons (Fsp3) is 0.389. The lowest BCUT2D eigenvalue weighted by Gasteiger charge is -2.11. The third kappa shape index (κ3) is 3.47. The van der Waals surface area contributed by atoms with Gasteiger partial charge < -0.3 is 14.4 Å². The van der Waals surface area contributed by atoms with Crippen LogP contribution in [-0.2, 0) is 24.3 Å². The van der Waals surface area contributed by atoms with Gasteiger partial charge in [0.15, 0.2) is 5.76 Å². The van der Waals surface area contributed by atoms with E-state index in [2.05, 4.69) is 36.9 Å². The largest absolute Gasteiger partial charge is 0.359 e. The minimum Gasteiger partial charge on any atom is -0.359 e. The van der Waals surface area contributed by atoms with E-state index in [4.69, 9.17) is 4.52 Å². The first-order chi connectivity index (χ1) is 12.7. The molecule has 0 aliphatic carbocycles. The standard InChI is InChI=1S/C18H22N6O2/c1-2-12-7-14(26-23-12)9-19-18(25)16-8-13(21-22-16)10-24-11-20-15-5-3-4-6-17(15)24/h3-7,11,13,16,21-22H,2,8-10H2,1H3,(H,19,25). The third-order valence-corrected chi connectivity index (χ3v) is 4.65. The van der Waals surface area contributed by atoms with Gasteiger partial charge in [0.25, 0.3) is 0 Å². The van der Waals surface area contributed by atoms with Crippen LogP contribution in [0.3, 0.4) is 0 Å². The molecule has 3 heterocycles. The molecule has 3 aromatic rings. The van der Waals surface area contributed by atoms with Gasteiger partial charge in [-0.05, 0) is 25.0 Å². The molecule has 4 rings (SSSR count). The van der Waals surface area contributed by atoms with Crippen LogP contribution in [0.15, 0.2) is 41.2 Å². The molecule has 0 saturated carbocycles. The van der Waals surface area contributed by atoms with Crippen LogP contribution in [0.2, 0.25) is 0 Å². The summed E-state index contributed by atoms with van der Waals surface area (Å²) in [6.07, 6.45) is 3.36. The number of imidazole rings is 1. The minimum atomic E-state index is -0.275. The smallest absolute Gasteiger partial charge is 0.238 e. The number of carbonyl (C=O) groups is 1. The molecule has 2 atom stereocenters. The Morgan fingerprint density at radius 3 is 3.12 bits per heavy atom. The topological polar surface area (TPSA) is 97.0 Å². The van der Waals surface area contributed by atoms with Crippen LogP contribution >= 0.6 is 0 Å². The normalized spacial score (nSPS) is 19.9. The molecular formula is C18H22N6O2. The van der Waals surface area contributed by atoms with E-state index in [0.717, 1.165) is 29.7 Å². The van der Waals surface area contributed by atoms with Crippen LogP contribution in [0, 0.1) is 0 Å². The summed E-state index contributed by atoms with van der Waals surface area (Å²) in [5.74, 6) is 0.618. The van der Waals surface area contributed by atoms with Crippen LogP contribution in [0.4, 0.5) is 0 Å². The first kappa shape index (κ1) is 16.7. The number of hydrazine groups is 1. The summed E-state index contributed by atoms with van der Waals surface area (Å²) < 4.78 is 7.30. The molecule has 1 aliphatic rings. The SMILES string of the molecule is CCc1cc(CNC(=O)C2CC(Cn3cnc4ccccc43)NN2)on1. The van der Waals surface area contributed by atoms with E-state index >= 15 is 0 Å². The Morgan fingerprint density at radius 1 is 1.38 bits per heavy atom. The lowest BCUT2D eigenvalue weighted by molar-refractivity contribution is -0.123. The number of benzene rings is 1. The highest BCUT2D eigenvalue weighted by Crippen LogP contribution is 2.15. The number of aromatic nitrogens is 3. The summed E-state index contributed by atoms with van der Waals surface area (Å²) in [5.41, 5.74) is 9.25. The van der Waals surface area contributed by atoms with E-state index in [9.17, 15) is 4.79 Å². The molecule has 1 amide bonds. The summed E-state index contributed by atoms with van der Waals surface area (Å²) in [7, 11) is 0. The maximum Gasteiger partial charge on any atom is 0.238 e. The van der Waals surface area contributed by atoms with Crippen LogP contribution in [0.25, 0.3) is 11.0 Å². The van der Waals surface area contributed by atoms with Gasteiger partial charge in [-0.2, -0.15) is 0 Å². The summed E-state index contributed by atoms with van der Waals surface area (Å²) in [6, 6.07) is 9.78. The quantitative estimate of drug-likeness (QED) is 0.614. The fourth-order valence-corrected chi connectivity index (χ4v) is 3.21. The molecule has 8 heteroatoms. The van der Waals surface area contributed by atoms with Gasteiger partial charge in [-0.3, -0.25) is 10.2 Å². The molecule has 0 bridgehead atoms. The van der Waals surface area contributed by atoms with Crippen molar-refractivity contribution in [1.29, 1.82) is 0 Å². The second kappa shape index (κ2) is 7.27. The third-order valence-electron chi connectivity index (χ3n) is 4.65. The van der Waals surface area contributed by atoms with Crippen molar-refractivity contribution >= 4 is 16.9 Å². The van der Waals surface area contributed by atoms with Gasteiger partial charge in [-0.15, -0.1) is 0 Å². The number of amides is 1. The van der Waals surface area contributed by atoms with Crippen LogP contribution < -0.4 is 16.2 Å². The fourth-order valence-electron chi connectivity index (χ4n) is 3.21. The first-order valence-electron chi connectivity index (χ1n) is 8.86. The molecule has 1 aromatic carbocycles. The number of aryl methyl sites for hydroxylation is 1. The molecule has 3 N–H and O–H groups in total. The number of nitrogens with zero attached hydrogens (tertiary/aromatic N) is 3. The van der Waals surface area contributed by atoms with Crippen molar-refractivity contribution < 1.29 is 9.32 Å². The molecule has 8 nitrogen and oxygen atoms in total. The maximum absolute atomic E-state index is 12.4. The van der Waals surface area contributed by atoms with Gasteiger partial charge in [0, 0.05) is 18.7 Å². The number of carbonyl (C=O) groups excluding carboxylic acids is 1. The highest BCUT2D eigenvalue weighted by Gasteiger charge is 2.29. The van der Waals surface area contributed by atoms with Gasteiger partial charge in [0.1, 0.15) is 6.04 Å². The van der Waals surface area contributed by atoms with Crippen molar-refractivity contribution in [2.45, 2.75) is 44.9 Å². The molecule has 2 aromatic heterocycles. The number of fused-ring (bicyclic) bond motifs is 1. The Labute approximate surface area is 150 Å².